The van der Waals surface area contributed by atoms with E-state index in [9.17, 15) is 0 Å². The topological polar surface area (TPSA) is 45.9 Å². The van der Waals surface area contributed by atoms with E-state index >= 15 is 0 Å². The van der Waals surface area contributed by atoms with Crippen LogP contribution < -0.4 is 4.74 Å². The van der Waals surface area contributed by atoms with Gasteiger partial charge in [0.25, 0.3) is 0 Å². The first-order chi connectivity index (χ1) is 5.70. The van der Waals surface area contributed by atoms with Gasteiger partial charge in [-0.25, -0.2) is 0 Å². The fourth-order valence-electron chi connectivity index (χ4n) is 1.03. The monoisotopic (exact) mass is 162 g/mol. The molecule has 0 aromatic carbocycles. The molecule has 0 N–H and O–H groups in total. The van der Waals surface area contributed by atoms with Gasteiger partial charge in [0.2, 0.25) is 0 Å². The van der Waals surface area contributed by atoms with Crippen LogP contribution in [0.2, 0.25) is 0 Å². The zero-order valence-electron chi connectivity index (χ0n) is 7.38. The highest BCUT2D eigenvalue weighted by molar-refractivity contribution is 5.47. The molecule has 0 fully saturated rings. The van der Waals surface area contributed by atoms with Crippen molar-refractivity contribution in [2.24, 2.45) is 0 Å². The fourth-order valence-corrected chi connectivity index (χ4v) is 1.03. The summed E-state index contributed by atoms with van der Waals surface area (Å²) in [4.78, 5) is 4.06. The number of aromatic nitrogens is 1. The summed E-state index contributed by atoms with van der Waals surface area (Å²) in [7, 11) is 1.56. The maximum absolute atomic E-state index is 8.69. The quantitative estimate of drug-likeness (QED) is 0.629. The van der Waals surface area contributed by atoms with E-state index in [2.05, 4.69) is 4.98 Å². The summed E-state index contributed by atoms with van der Waals surface area (Å²) in [6.07, 6.45) is 1.53. The van der Waals surface area contributed by atoms with Crippen LogP contribution in [0.1, 0.15) is 16.8 Å². The SMILES string of the molecule is COc1c(C#N)cnc(C)c1C. The Bertz CT molecular complexity index is 339. The highest BCUT2D eigenvalue weighted by Crippen LogP contribution is 2.23. The van der Waals surface area contributed by atoms with Crippen LogP contribution in [0, 0.1) is 25.2 Å². The van der Waals surface area contributed by atoms with E-state index in [1.165, 1.54) is 6.20 Å². The van der Waals surface area contributed by atoms with Crippen molar-refractivity contribution in [1.29, 1.82) is 5.26 Å². The molecule has 1 heterocycles. The normalized spacial score (nSPS) is 9.17. The molecule has 1 aromatic heterocycles. The Morgan fingerprint density at radius 3 is 2.67 bits per heavy atom. The van der Waals surface area contributed by atoms with Gasteiger partial charge in [-0.15, -0.1) is 0 Å². The third-order valence-corrected chi connectivity index (χ3v) is 1.84. The van der Waals surface area contributed by atoms with Crippen molar-refractivity contribution in [3.05, 3.63) is 23.0 Å². The van der Waals surface area contributed by atoms with Crippen molar-refractivity contribution in [3.63, 3.8) is 0 Å². The van der Waals surface area contributed by atoms with Crippen LogP contribution in [0.15, 0.2) is 6.20 Å². The van der Waals surface area contributed by atoms with E-state index in [0.717, 1.165) is 11.3 Å². The fraction of sp³-hybridized carbons (Fsp3) is 0.333. The molecule has 0 saturated heterocycles. The summed E-state index contributed by atoms with van der Waals surface area (Å²) in [6.45, 7) is 3.78. The van der Waals surface area contributed by atoms with E-state index in [4.69, 9.17) is 10.00 Å². The zero-order valence-corrected chi connectivity index (χ0v) is 7.38. The van der Waals surface area contributed by atoms with E-state index < -0.39 is 0 Å². The van der Waals surface area contributed by atoms with E-state index in [0.29, 0.717) is 11.3 Å². The molecule has 62 valence electrons. The lowest BCUT2D eigenvalue weighted by atomic mass is 10.1. The van der Waals surface area contributed by atoms with E-state index in [1.54, 1.807) is 7.11 Å². The van der Waals surface area contributed by atoms with E-state index in [1.807, 2.05) is 19.9 Å². The van der Waals surface area contributed by atoms with Gasteiger partial charge in [0.15, 0.2) is 0 Å². The first-order valence-electron chi connectivity index (χ1n) is 3.61. The number of aryl methyl sites for hydroxylation is 1. The van der Waals surface area contributed by atoms with Gasteiger partial charge >= 0.3 is 0 Å². The van der Waals surface area contributed by atoms with Gasteiger partial charge in [-0.1, -0.05) is 0 Å². The van der Waals surface area contributed by atoms with Crippen LogP contribution >= 0.6 is 0 Å². The lowest BCUT2D eigenvalue weighted by Crippen LogP contribution is -1.96. The van der Waals surface area contributed by atoms with Crippen molar-refractivity contribution in [2.75, 3.05) is 7.11 Å². The number of rotatable bonds is 1. The first-order valence-corrected chi connectivity index (χ1v) is 3.61. The van der Waals surface area contributed by atoms with Gasteiger partial charge in [-0.05, 0) is 13.8 Å². The zero-order chi connectivity index (χ0) is 9.14. The Morgan fingerprint density at radius 1 is 1.50 bits per heavy atom. The maximum Gasteiger partial charge on any atom is 0.142 e. The van der Waals surface area contributed by atoms with Crippen molar-refractivity contribution < 1.29 is 4.74 Å². The maximum atomic E-state index is 8.69. The summed E-state index contributed by atoms with van der Waals surface area (Å²) in [5.41, 5.74) is 2.31. The lowest BCUT2D eigenvalue weighted by Gasteiger charge is -2.07. The number of nitrogens with zero attached hydrogens (tertiary/aromatic N) is 2. The molecule has 0 aliphatic heterocycles. The molecule has 1 rings (SSSR count). The second-order valence-corrected chi connectivity index (χ2v) is 2.53. The van der Waals surface area contributed by atoms with Gasteiger partial charge in [0.1, 0.15) is 17.4 Å². The molecule has 12 heavy (non-hydrogen) atoms. The molecule has 1 aromatic rings. The molecular weight excluding hydrogens is 152 g/mol. The van der Waals surface area contributed by atoms with Crippen molar-refractivity contribution >= 4 is 0 Å². The molecular formula is C9H10N2O. The van der Waals surface area contributed by atoms with Gasteiger partial charge < -0.3 is 4.74 Å². The molecule has 0 spiro atoms. The number of ether oxygens (including phenoxy) is 1. The second-order valence-electron chi connectivity index (χ2n) is 2.53. The van der Waals surface area contributed by atoms with Gasteiger partial charge in [-0.3, -0.25) is 4.98 Å². The highest BCUT2D eigenvalue weighted by atomic mass is 16.5. The van der Waals surface area contributed by atoms with Crippen LogP contribution in [-0.4, -0.2) is 12.1 Å². The average Bonchev–Trinajstić information content (AvgIpc) is 2.09. The summed E-state index contributed by atoms with van der Waals surface area (Å²) < 4.78 is 5.09. The summed E-state index contributed by atoms with van der Waals surface area (Å²) in [5.74, 6) is 0.630. The summed E-state index contributed by atoms with van der Waals surface area (Å²) in [5, 5.41) is 8.69. The number of pyridine rings is 1. The van der Waals surface area contributed by atoms with Crippen molar-refractivity contribution in [3.8, 4) is 11.8 Å². The Morgan fingerprint density at radius 2 is 2.17 bits per heavy atom. The molecule has 0 aliphatic rings. The molecule has 0 bridgehead atoms. The number of nitriles is 1. The third-order valence-electron chi connectivity index (χ3n) is 1.84. The highest BCUT2D eigenvalue weighted by Gasteiger charge is 2.07. The average molecular weight is 162 g/mol. The Hall–Kier alpha value is -1.56. The molecule has 0 amide bonds. The molecule has 0 radical (unpaired) electrons. The largest absolute Gasteiger partial charge is 0.495 e. The number of methoxy groups -OCH3 is 1. The van der Waals surface area contributed by atoms with Crippen LogP contribution in [0.5, 0.6) is 5.75 Å². The molecule has 0 atom stereocenters. The Kier molecular flexibility index (Phi) is 2.29. The second kappa shape index (κ2) is 3.22. The molecule has 0 aliphatic carbocycles. The molecule has 0 saturated carbocycles. The predicted octanol–water partition coefficient (Wildman–Crippen LogP) is 1.58. The smallest absolute Gasteiger partial charge is 0.142 e. The number of hydrogen-bond donors (Lipinski definition) is 0. The minimum Gasteiger partial charge on any atom is -0.495 e. The van der Waals surface area contributed by atoms with Gasteiger partial charge in [0, 0.05) is 17.5 Å². The predicted molar refractivity (Wildman–Crippen MR) is 45.0 cm³/mol. The van der Waals surface area contributed by atoms with Crippen LogP contribution in [0.25, 0.3) is 0 Å². The first kappa shape index (κ1) is 8.54. The number of hydrogen-bond acceptors (Lipinski definition) is 3. The summed E-state index contributed by atoms with van der Waals surface area (Å²) >= 11 is 0. The lowest BCUT2D eigenvalue weighted by molar-refractivity contribution is 0.409. The van der Waals surface area contributed by atoms with Crippen LogP contribution in [0.3, 0.4) is 0 Å². The molecule has 0 unspecified atom stereocenters. The Balaban J connectivity index is 3.38. The van der Waals surface area contributed by atoms with Crippen LogP contribution in [-0.2, 0) is 0 Å². The summed E-state index contributed by atoms with van der Waals surface area (Å²) in [6, 6.07) is 2.03. The minimum absolute atomic E-state index is 0.487. The third kappa shape index (κ3) is 1.24. The molecule has 3 heteroatoms. The van der Waals surface area contributed by atoms with Gasteiger partial charge in [-0.2, -0.15) is 5.26 Å². The van der Waals surface area contributed by atoms with Crippen LogP contribution in [0.4, 0.5) is 0 Å². The van der Waals surface area contributed by atoms with Gasteiger partial charge in [0.05, 0.1) is 7.11 Å². The molecule has 3 nitrogen and oxygen atoms in total. The minimum atomic E-state index is 0.487. The Labute approximate surface area is 71.6 Å². The van der Waals surface area contributed by atoms with Crippen molar-refractivity contribution in [2.45, 2.75) is 13.8 Å². The van der Waals surface area contributed by atoms with E-state index in [-0.39, 0.29) is 0 Å². The standard InChI is InChI=1S/C9H10N2O/c1-6-7(2)11-5-8(4-10)9(6)12-3/h5H,1-3H3. The van der Waals surface area contributed by atoms with Crippen molar-refractivity contribution in [1.82, 2.24) is 4.98 Å².